The number of likely N-dealkylation sites (N-methyl/N-ethyl adjacent to an activating group) is 1. The van der Waals surface area contributed by atoms with Gasteiger partial charge in [0.1, 0.15) is 11.7 Å². The van der Waals surface area contributed by atoms with Crippen molar-refractivity contribution < 1.29 is 14.4 Å². The van der Waals surface area contributed by atoms with Crippen molar-refractivity contribution in [3.8, 4) is 11.3 Å². The molecule has 114 valence electrons. The number of rotatable bonds is 5. The summed E-state index contributed by atoms with van der Waals surface area (Å²) < 4.78 is 5.27. The van der Waals surface area contributed by atoms with Crippen LogP contribution < -0.4 is 0 Å². The molecule has 1 unspecified atom stereocenters. The zero-order valence-electron chi connectivity index (χ0n) is 12.2. The van der Waals surface area contributed by atoms with Gasteiger partial charge in [0, 0.05) is 11.6 Å². The maximum absolute atomic E-state index is 10.9. The predicted octanol–water partition coefficient (Wildman–Crippen LogP) is 2.98. The Morgan fingerprint density at radius 1 is 1.38 bits per heavy atom. The molecule has 1 aromatic heterocycles. The zero-order valence-corrected chi connectivity index (χ0v) is 13.1. The fraction of sp³-hybridized carbons (Fsp3) is 0.333. The summed E-state index contributed by atoms with van der Waals surface area (Å²) in [6, 6.07) is 9.28. The molecule has 1 atom stereocenters. The van der Waals surface area contributed by atoms with Crippen molar-refractivity contribution in [3.63, 3.8) is 0 Å². The first-order chi connectivity index (χ1) is 9.47. The second-order valence-corrected chi connectivity index (χ2v) is 4.97. The SMILES string of the molecule is Cc1ccc(-c2cc(CN(C)C(C)C(=O)O)on2)cc1.Cl. The van der Waals surface area contributed by atoms with Gasteiger partial charge in [-0.05, 0) is 20.9 Å². The molecule has 0 aliphatic carbocycles. The van der Waals surface area contributed by atoms with Crippen molar-refractivity contribution in [2.45, 2.75) is 26.4 Å². The summed E-state index contributed by atoms with van der Waals surface area (Å²) in [5.74, 6) is -0.207. The fourth-order valence-electron chi connectivity index (χ4n) is 1.82. The van der Waals surface area contributed by atoms with Crippen molar-refractivity contribution >= 4 is 18.4 Å². The smallest absolute Gasteiger partial charge is 0.320 e. The van der Waals surface area contributed by atoms with Gasteiger partial charge in [-0.25, -0.2) is 0 Å². The Bertz CT molecular complexity index is 595. The summed E-state index contributed by atoms with van der Waals surface area (Å²) in [6.45, 7) is 4.08. The number of aliphatic carboxylic acids is 1. The Kier molecular flexibility index (Phi) is 5.93. The van der Waals surface area contributed by atoms with Gasteiger partial charge in [-0.1, -0.05) is 35.0 Å². The molecule has 2 aromatic rings. The molecule has 0 saturated heterocycles. The molecule has 1 aromatic carbocycles. The van der Waals surface area contributed by atoms with E-state index in [0.29, 0.717) is 12.3 Å². The Hall–Kier alpha value is -1.85. The fourth-order valence-corrected chi connectivity index (χ4v) is 1.82. The van der Waals surface area contributed by atoms with Crippen LogP contribution in [0.3, 0.4) is 0 Å². The molecular formula is C15H19ClN2O3. The zero-order chi connectivity index (χ0) is 14.7. The molecule has 5 nitrogen and oxygen atoms in total. The van der Waals surface area contributed by atoms with Gasteiger partial charge < -0.3 is 9.63 Å². The number of benzene rings is 1. The normalized spacial score (nSPS) is 12.0. The predicted molar refractivity (Wildman–Crippen MR) is 82.5 cm³/mol. The van der Waals surface area contributed by atoms with Crippen LogP contribution in [0.15, 0.2) is 34.9 Å². The van der Waals surface area contributed by atoms with E-state index < -0.39 is 12.0 Å². The average molecular weight is 311 g/mol. The lowest BCUT2D eigenvalue weighted by Gasteiger charge is -2.18. The summed E-state index contributed by atoms with van der Waals surface area (Å²) in [5, 5.41) is 13.0. The third-order valence-corrected chi connectivity index (χ3v) is 3.33. The number of carbonyl (C=O) groups is 1. The van der Waals surface area contributed by atoms with Crippen LogP contribution in [0.5, 0.6) is 0 Å². The molecule has 1 heterocycles. The summed E-state index contributed by atoms with van der Waals surface area (Å²) >= 11 is 0. The van der Waals surface area contributed by atoms with E-state index in [0.717, 1.165) is 11.3 Å². The summed E-state index contributed by atoms with van der Waals surface area (Å²) in [6.07, 6.45) is 0. The van der Waals surface area contributed by atoms with Crippen molar-refractivity contribution in [3.05, 3.63) is 41.7 Å². The van der Waals surface area contributed by atoms with E-state index in [-0.39, 0.29) is 12.4 Å². The van der Waals surface area contributed by atoms with Crippen LogP contribution in [-0.4, -0.2) is 34.2 Å². The summed E-state index contributed by atoms with van der Waals surface area (Å²) in [4.78, 5) is 12.6. The number of carboxylic acid groups (broad SMARTS) is 1. The highest BCUT2D eigenvalue weighted by Crippen LogP contribution is 2.20. The second kappa shape index (κ2) is 7.24. The van der Waals surface area contributed by atoms with Crippen molar-refractivity contribution in [2.24, 2.45) is 0 Å². The van der Waals surface area contributed by atoms with Crippen LogP contribution in [0.25, 0.3) is 11.3 Å². The molecule has 1 N–H and O–H groups in total. The van der Waals surface area contributed by atoms with E-state index in [1.165, 1.54) is 5.56 Å². The molecule has 0 radical (unpaired) electrons. The first-order valence-electron chi connectivity index (χ1n) is 6.43. The lowest BCUT2D eigenvalue weighted by molar-refractivity contribution is -0.142. The molecule has 2 rings (SSSR count). The number of hydrogen-bond donors (Lipinski definition) is 1. The first-order valence-corrected chi connectivity index (χ1v) is 6.43. The van der Waals surface area contributed by atoms with Crippen molar-refractivity contribution in [1.29, 1.82) is 0 Å². The minimum atomic E-state index is -0.856. The number of carboxylic acids is 1. The van der Waals surface area contributed by atoms with E-state index in [1.807, 2.05) is 37.3 Å². The number of aromatic nitrogens is 1. The van der Waals surface area contributed by atoms with Crippen LogP contribution in [0.2, 0.25) is 0 Å². The molecule has 0 aliphatic heterocycles. The van der Waals surface area contributed by atoms with Gasteiger partial charge in [-0.2, -0.15) is 0 Å². The van der Waals surface area contributed by atoms with Gasteiger partial charge in [0.05, 0.1) is 6.54 Å². The topological polar surface area (TPSA) is 66.6 Å². The maximum atomic E-state index is 10.9. The molecule has 0 aliphatic rings. The maximum Gasteiger partial charge on any atom is 0.320 e. The lowest BCUT2D eigenvalue weighted by Crippen LogP contribution is -2.35. The third kappa shape index (κ3) is 4.31. The standard InChI is InChI=1S/C15H18N2O3.ClH/c1-10-4-6-12(7-5-10)14-8-13(20-16-14)9-17(3)11(2)15(18)19;/h4-8,11H,9H2,1-3H3,(H,18,19);1H. The Morgan fingerprint density at radius 2 is 2.00 bits per heavy atom. The van der Waals surface area contributed by atoms with E-state index in [9.17, 15) is 4.79 Å². The minimum absolute atomic E-state index is 0. The minimum Gasteiger partial charge on any atom is -0.480 e. The van der Waals surface area contributed by atoms with E-state index in [2.05, 4.69) is 5.16 Å². The highest BCUT2D eigenvalue weighted by molar-refractivity contribution is 5.85. The monoisotopic (exact) mass is 310 g/mol. The van der Waals surface area contributed by atoms with Crippen LogP contribution in [0, 0.1) is 6.92 Å². The molecule has 0 saturated carbocycles. The van der Waals surface area contributed by atoms with E-state index >= 15 is 0 Å². The molecule has 0 amide bonds. The molecule has 6 heteroatoms. The van der Waals surface area contributed by atoms with Crippen LogP contribution in [0.1, 0.15) is 18.2 Å². The number of nitrogens with zero attached hydrogens (tertiary/aromatic N) is 2. The molecule has 0 spiro atoms. The molecule has 0 fully saturated rings. The number of aryl methyl sites for hydroxylation is 1. The van der Waals surface area contributed by atoms with Gasteiger partial charge >= 0.3 is 5.97 Å². The summed E-state index contributed by atoms with van der Waals surface area (Å²) in [5.41, 5.74) is 2.93. The van der Waals surface area contributed by atoms with Gasteiger partial charge in [0.25, 0.3) is 0 Å². The highest BCUT2D eigenvalue weighted by Gasteiger charge is 2.18. The molecule has 0 bridgehead atoms. The number of hydrogen-bond acceptors (Lipinski definition) is 4. The highest BCUT2D eigenvalue weighted by atomic mass is 35.5. The van der Waals surface area contributed by atoms with Crippen LogP contribution >= 0.6 is 12.4 Å². The van der Waals surface area contributed by atoms with Crippen LogP contribution in [0.4, 0.5) is 0 Å². The Labute approximate surface area is 130 Å². The van der Waals surface area contributed by atoms with Gasteiger partial charge in [-0.3, -0.25) is 9.69 Å². The number of halogens is 1. The summed E-state index contributed by atoms with van der Waals surface area (Å²) in [7, 11) is 1.74. The average Bonchev–Trinajstić information content (AvgIpc) is 2.87. The Balaban J connectivity index is 0.00000220. The third-order valence-electron chi connectivity index (χ3n) is 3.33. The van der Waals surface area contributed by atoms with E-state index in [4.69, 9.17) is 9.63 Å². The van der Waals surface area contributed by atoms with Gasteiger partial charge in [0.2, 0.25) is 0 Å². The molecular weight excluding hydrogens is 292 g/mol. The van der Waals surface area contributed by atoms with E-state index in [1.54, 1.807) is 18.9 Å². The molecule has 21 heavy (non-hydrogen) atoms. The van der Waals surface area contributed by atoms with Crippen molar-refractivity contribution in [1.82, 2.24) is 10.1 Å². The Morgan fingerprint density at radius 3 is 2.57 bits per heavy atom. The second-order valence-electron chi connectivity index (χ2n) is 4.97. The lowest BCUT2D eigenvalue weighted by atomic mass is 10.1. The largest absolute Gasteiger partial charge is 0.480 e. The van der Waals surface area contributed by atoms with Crippen LogP contribution in [-0.2, 0) is 11.3 Å². The van der Waals surface area contributed by atoms with Gasteiger partial charge in [-0.15, -0.1) is 12.4 Å². The first kappa shape index (κ1) is 17.2. The van der Waals surface area contributed by atoms with Crippen molar-refractivity contribution in [2.75, 3.05) is 7.05 Å². The quantitative estimate of drug-likeness (QED) is 0.919. The van der Waals surface area contributed by atoms with Gasteiger partial charge in [0.15, 0.2) is 5.76 Å².